The van der Waals surface area contributed by atoms with Gasteiger partial charge in [0.15, 0.2) is 11.6 Å². The molecule has 3 heterocycles. The van der Waals surface area contributed by atoms with Crippen LogP contribution >= 0.6 is 11.6 Å². The second kappa shape index (κ2) is 5.87. The molecule has 24 heavy (non-hydrogen) atoms. The number of hydrogen-bond donors (Lipinski definition) is 0. The lowest BCUT2D eigenvalue weighted by Crippen LogP contribution is -2.19. The molecule has 4 rings (SSSR count). The van der Waals surface area contributed by atoms with Crippen molar-refractivity contribution < 1.29 is 8.78 Å². The lowest BCUT2D eigenvalue weighted by atomic mass is 10.2. The highest BCUT2D eigenvalue weighted by Gasteiger charge is 2.26. The largest absolute Gasteiger partial charge is 0.344 e. The predicted octanol–water partition coefficient (Wildman–Crippen LogP) is 3.78. The zero-order valence-electron chi connectivity index (χ0n) is 12.6. The van der Waals surface area contributed by atoms with Gasteiger partial charge in [-0.05, 0) is 23.8 Å². The number of fused-ring (bicyclic) bond motifs is 1. The molecule has 1 aliphatic rings. The number of aromatic nitrogens is 3. The summed E-state index contributed by atoms with van der Waals surface area (Å²) in [5.41, 5.74) is 3.00. The van der Waals surface area contributed by atoms with Crippen molar-refractivity contribution in [2.45, 2.75) is 19.6 Å². The van der Waals surface area contributed by atoms with Crippen LogP contribution in [0.5, 0.6) is 0 Å². The van der Waals surface area contributed by atoms with Gasteiger partial charge in [0.1, 0.15) is 5.82 Å². The van der Waals surface area contributed by atoms with Crippen LogP contribution in [0.2, 0.25) is 5.02 Å². The zero-order valence-corrected chi connectivity index (χ0v) is 13.3. The first-order valence-electron chi connectivity index (χ1n) is 7.44. The Morgan fingerprint density at radius 2 is 1.88 bits per heavy atom. The summed E-state index contributed by atoms with van der Waals surface area (Å²) in [5, 5.41) is 4.65. The molecular formula is C17H13ClF2N4. The predicted molar refractivity (Wildman–Crippen MR) is 86.8 cm³/mol. The minimum absolute atomic E-state index is 0.264. The van der Waals surface area contributed by atoms with Crippen molar-refractivity contribution in [1.29, 1.82) is 0 Å². The molecule has 3 aromatic rings. The van der Waals surface area contributed by atoms with Gasteiger partial charge in [0.25, 0.3) is 0 Å². The third kappa shape index (κ3) is 2.73. The van der Waals surface area contributed by atoms with E-state index in [1.807, 2.05) is 9.58 Å². The van der Waals surface area contributed by atoms with Crippen molar-refractivity contribution in [3.05, 3.63) is 76.2 Å². The van der Waals surface area contributed by atoms with Gasteiger partial charge in [-0.1, -0.05) is 23.7 Å². The zero-order chi connectivity index (χ0) is 16.7. The summed E-state index contributed by atoms with van der Waals surface area (Å²) in [6.07, 6.45) is 3.22. The first-order valence-corrected chi connectivity index (χ1v) is 7.82. The molecule has 0 saturated heterocycles. The van der Waals surface area contributed by atoms with Crippen molar-refractivity contribution in [2.75, 3.05) is 4.90 Å². The minimum Gasteiger partial charge on any atom is -0.344 e. The molecule has 0 unspecified atom stereocenters. The standard InChI is InChI=1S/C17H13ClF2N4/c18-13-5-15(20)17(21-7-13)23-9-12-6-22-24(16(12)10-23)8-11-1-3-14(19)4-2-11/h1-7H,8-10H2. The number of anilines is 1. The van der Waals surface area contributed by atoms with E-state index in [0.717, 1.165) is 16.8 Å². The van der Waals surface area contributed by atoms with E-state index in [1.54, 1.807) is 18.3 Å². The normalized spacial score (nSPS) is 13.4. The van der Waals surface area contributed by atoms with Crippen LogP contribution in [-0.2, 0) is 19.6 Å². The highest BCUT2D eigenvalue weighted by molar-refractivity contribution is 6.30. The molecular weight excluding hydrogens is 334 g/mol. The number of pyridine rings is 1. The molecule has 2 aromatic heterocycles. The van der Waals surface area contributed by atoms with Crippen LogP contribution in [0.4, 0.5) is 14.6 Å². The van der Waals surface area contributed by atoms with E-state index >= 15 is 0 Å². The van der Waals surface area contributed by atoms with Crippen molar-refractivity contribution >= 4 is 17.4 Å². The average molecular weight is 347 g/mol. The van der Waals surface area contributed by atoms with Crippen molar-refractivity contribution in [2.24, 2.45) is 0 Å². The third-order valence-corrected chi connectivity index (χ3v) is 4.28. The molecule has 122 valence electrons. The van der Waals surface area contributed by atoms with Crippen LogP contribution in [0.25, 0.3) is 0 Å². The highest BCUT2D eigenvalue weighted by Crippen LogP contribution is 2.29. The molecule has 0 atom stereocenters. The molecule has 0 spiro atoms. The van der Waals surface area contributed by atoms with Crippen molar-refractivity contribution in [3.63, 3.8) is 0 Å². The van der Waals surface area contributed by atoms with Gasteiger partial charge >= 0.3 is 0 Å². The third-order valence-electron chi connectivity index (χ3n) is 4.07. The van der Waals surface area contributed by atoms with Gasteiger partial charge in [0, 0.05) is 18.3 Å². The first kappa shape index (κ1) is 15.1. The quantitative estimate of drug-likeness (QED) is 0.723. The minimum atomic E-state index is -0.439. The van der Waals surface area contributed by atoms with Crippen LogP contribution in [-0.4, -0.2) is 14.8 Å². The molecule has 1 aromatic carbocycles. The van der Waals surface area contributed by atoms with Crippen molar-refractivity contribution in [1.82, 2.24) is 14.8 Å². The molecule has 0 aliphatic carbocycles. The molecule has 1 aliphatic heterocycles. The maximum Gasteiger partial charge on any atom is 0.167 e. The number of hydrogen-bond acceptors (Lipinski definition) is 3. The van der Waals surface area contributed by atoms with E-state index in [2.05, 4.69) is 10.1 Å². The summed E-state index contributed by atoms with van der Waals surface area (Å²) in [6, 6.07) is 7.58. The van der Waals surface area contributed by atoms with E-state index in [0.29, 0.717) is 19.6 Å². The van der Waals surface area contributed by atoms with Gasteiger partial charge < -0.3 is 4.90 Å². The summed E-state index contributed by atoms with van der Waals surface area (Å²) < 4.78 is 28.9. The maximum atomic E-state index is 14.1. The fourth-order valence-electron chi connectivity index (χ4n) is 2.90. The molecule has 4 nitrogen and oxygen atoms in total. The van der Waals surface area contributed by atoms with Crippen LogP contribution < -0.4 is 4.90 Å². The molecule has 0 saturated carbocycles. The smallest absolute Gasteiger partial charge is 0.167 e. The van der Waals surface area contributed by atoms with E-state index in [9.17, 15) is 8.78 Å². The Labute approximate surface area is 142 Å². The topological polar surface area (TPSA) is 34.0 Å². The summed E-state index contributed by atoms with van der Waals surface area (Å²) in [4.78, 5) is 5.94. The van der Waals surface area contributed by atoms with Gasteiger partial charge in [0.2, 0.25) is 0 Å². The van der Waals surface area contributed by atoms with Gasteiger partial charge in [-0.2, -0.15) is 5.10 Å². The van der Waals surface area contributed by atoms with Gasteiger partial charge in [0.05, 0.1) is 30.0 Å². The Balaban J connectivity index is 1.57. The number of benzene rings is 1. The number of halogens is 3. The summed E-state index contributed by atoms with van der Waals surface area (Å²) in [6.45, 7) is 1.60. The second-order valence-corrected chi connectivity index (χ2v) is 6.15. The first-order chi connectivity index (χ1) is 11.6. The molecule has 0 fully saturated rings. The Hall–Kier alpha value is -2.47. The monoisotopic (exact) mass is 346 g/mol. The lowest BCUT2D eigenvalue weighted by Gasteiger charge is -2.17. The molecule has 0 radical (unpaired) electrons. The fraction of sp³-hybridized carbons (Fsp3) is 0.176. The van der Waals surface area contributed by atoms with Gasteiger partial charge in [-0.3, -0.25) is 4.68 Å². The summed E-state index contributed by atoms with van der Waals surface area (Å²) in [7, 11) is 0. The molecule has 7 heteroatoms. The van der Waals surface area contributed by atoms with E-state index in [1.165, 1.54) is 24.4 Å². The second-order valence-electron chi connectivity index (χ2n) is 5.72. The number of nitrogens with zero attached hydrogens (tertiary/aromatic N) is 4. The van der Waals surface area contributed by atoms with Gasteiger partial charge in [-0.15, -0.1) is 0 Å². The SMILES string of the molecule is Fc1ccc(Cn2ncc3c2CN(c2ncc(Cl)cc2F)C3)cc1. The van der Waals surface area contributed by atoms with Crippen LogP contribution in [0.15, 0.2) is 42.7 Å². The average Bonchev–Trinajstić information content (AvgIpc) is 3.11. The van der Waals surface area contributed by atoms with E-state index in [4.69, 9.17) is 11.6 Å². The highest BCUT2D eigenvalue weighted by atomic mass is 35.5. The fourth-order valence-corrected chi connectivity index (χ4v) is 3.04. The van der Waals surface area contributed by atoms with Crippen LogP contribution in [0, 0.1) is 11.6 Å². The van der Waals surface area contributed by atoms with Crippen LogP contribution in [0.3, 0.4) is 0 Å². The number of rotatable bonds is 3. The summed E-state index contributed by atoms with van der Waals surface area (Å²) in [5.74, 6) is -0.422. The molecule has 0 N–H and O–H groups in total. The maximum absolute atomic E-state index is 14.1. The van der Waals surface area contributed by atoms with E-state index in [-0.39, 0.29) is 16.7 Å². The lowest BCUT2D eigenvalue weighted by molar-refractivity contribution is 0.602. The Kier molecular flexibility index (Phi) is 3.69. The van der Waals surface area contributed by atoms with Crippen LogP contribution in [0.1, 0.15) is 16.8 Å². The van der Waals surface area contributed by atoms with E-state index < -0.39 is 5.82 Å². The van der Waals surface area contributed by atoms with Gasteiger partial charge in [-0.25, -0.2) is 13.8 Å². The molecule has 0 amide bonds. The summed E-state index contributed by atoms with van der Waals surface area (Å²) >= 11 is 5.76. The Morgan fingerprint density at radius 3 is 2.62 bits per heavy atom. The van der Waals surface area contributed by atoms with Crippen molar-refractivity contribution in [3.8, 4) is 0 Å². The molecule has 0 bridgehead atoms. The Bertz CT molecular complexity index is 892. The Morgan fingerprint density at radius 1 is 1.08 bits per heavy atom.